The van der Waals surface area contributed by atoms with E-state index in [4.69, 9.17) is 19.9 Å². The standard InChI is InChI=1S/C22H32N2O5/c1-20(2,3)28-18(25)14-7-8-15-16(23)12-22(27-17(15)11-14)9-10-24(13-22)19(26)29-21(4,5)6/h7-8,11,16H,9-10,12-13,23H2,1-6H3. The summed E-state index contributed by atoms with van der Waals surface area (Å²) in [5, 5.41) is 0. The van der Waals surface area contributed by atoms with Crippen LogP contribution in [0.1, 0.15) is 76.3 Å². The molecule has 1 aromatic carbocycles. The minimum Gasteiger partial charge on any atom is -0.485 e. The fraction of sp³-hybridized carbons (Fsp3) is 0.636. The van der Waals surface area contributed by atoms with Crippen molar-refractivity contribution in [2.75, 3.05) is 13.1 Å². The maximum absolute atomic E-state index is 12.4. The zero-order valence-corrected chi connectivity index (χ0v) is 18.2. The number of amides is 1. The molecule has 2 atom stereocenters. The number of nitrogens with zero attached hydrogens (tertiary/aromatic N) is 1. The second kappa shape index (κ2) is 7.20. The van der Waals surface area contributed by atoms with E-state index in [2.05, 4.69) is 0 Å². The third-order valence-electron chi connectivity index (χ3n) is 4.93. The topological polar surface area (TPSA) is 91.1 Å². The summed E-state index contributed by atoms with van der Waals surface area (Å²) in [5.41, 5.74) is 6.00. The van der Waals surface area contributed by atoms with Crippen LogP contribution in [0.3, 0.4) is 0 Å². The van der Waals surface area contributed by atoms with Crippen molar-refractivity contribution in [2.24, 2.45) is 5.73 Å². The third kappa shape index (κ3) is 5.01. The van der Waals surface area contributed by atoms with Crippen molar-refractivity contribution in [3.05, 3.63) is 29.3 Å². The number of fused-ring (bicyclic) bond motifs is 1. The van der Waals surface area contributed by atoms with Crippen LogP contribution in [0.25, 0.3) is 0 Å². The van der Waals surface area contributed by atoms with Gasteiger partial charge in [-0.1, -0.05) is 6.07 Å². The van der Waals surface area contributed by atoms with Crippen molar-refractivity contribution in [3.8, 4) is 5.75 Å². The molecule has 2 heterocycles. The number of esters is 1. The van der Waals surface area contributed by atoms with Crippen molar-refractivity contribution >= 4 is 12.1 Å². The highest BCUT2D eigenvalue weighted by Gasteiger charge is 2.47. The lowest BCUT2D eigenvalue weighted by molar-refractivity contribution is 0.00655. The van der Waals surface area contributed by atoms with E-state index >= 15 is 0 Å². The first kappa shape index (κ1) is 21.4. The number of nitrogens with two attached hydrogens (primary N) is 1. The van der Waals surface area contributed by atoms with Crippen LogP contribution in [0.4, 0.5) is 4.79 Å². The molecular formula is C22H32N2O5. The van der Waals surface area contributed by atoms with E-state index in [1.54, 1.807) is 17.0 Å². The fourth-order valence-corrected chi connectivity index (χ4v) is 3.76. The molecule has 2 N–H and O–H groups in total. The number of rotatable bonds is 1. The predicted octanol–water partition coefficient (Wildman–Crippen LogP) is 3.80. The Balaban J connectivity index is 1.78. The minimum absolute atomic E-state index is 0.231. The average molecular weight is 405 g/mol. The highest BCUT2D eigenvalue weighted by atomic mass is 16.6. The Morgan fingerprint density at radius 2 is 1.79 bits per heavy atom. The second-order valence-electron chi connectivity index (χ2n) is 10.0. The van der Waals surface area contributed by atoms with Crippen molar-refractivity contribution < 1.29 is 23.8 Å². The van der Waals surface area contributed by atoms with Gasteiger partial charge in [-0.05, 0) is 53.7 Å². The van der Waals surface area contributed by atoms with Crippen LogP contribution >= 0.6 is 0 Å². The summed E-state index contributed by atoms with van der Waals surface area (Å²) in [6.07, 6.45) is 0.918. The third-order valence-corrected chi connectivity index (χ3v) is 4.93. The molecule has 0 aromatic heterocycles. The molecule has 1 saturated heterocycles. The zero-order chi connectivity index (χ0) is 21.6. The van der Waals surface area contributed by atoms with Gasteiger partial charge in [0, 0.05) is 31.0 Å². The summed E-state index contributed by atoms with van der Waals surface area (Å²) >= 11 is 0. The Hall–Kier alpha value is -2.28. The summed E-state index contributed by atoms with van der Waals surface area (Å²) in [7, 11) is 0. The average Bonchev–Trinajstić information content (AvgIpc) is 2.94. The summed E-state index contributed by atoms with van der Waals surface area (Å²) < 4.78 is 17.3. The lowest BCUT2D eigenvalue weighted by atomic mass is 9.86. The molecule has 1 amide bonds. The molecule has 3 rings (SSSR count). The first-order valence-corrected chi connectivity index (χ1v) is 10.1. The number of benzene rings is 1. The van der Waals surface area contributed by atoms with Crippen LogP contribution in [0, 0.1) is 0 Å². The van der Waals surface area contributed by atoms with Gasteiger partial charge in [0.1, 0.15) is 22.6 Å². The molecule has 2 aliphatic rings. The van der Waals surface area contributed by atoms with Crippen LogP contribution in [-0.2, 0) is 9.47 Å². The summed E-state index contributed by atoms with van der Waals surface area (Å²) in [6.45, 7) is 12.0. The van der Waals surface area contributed by atoms with Gasteiger partial charge in [0.25, 0.3) is 0 Å². The fourth-order valence-electron chi connectivity index (χ4n) is 3.76. The molecule has 1 fully saturated rings. The Kier molecular flexibility index (Phi) is 5.32. The normalized spacial score (nSPS) is 24.1. The molecular weight excluding hydrogens is 372 g/mol. The van der Waals surface area contributed by atoms with E-state index in [0.29, 0.717) is 37.2 Å². The number of likely N-dealkylation sites (tertiary alicyclic amines) is 1. The summed E-state index contributed by atoms with van der Waals surface area (Å²) in [4.78, 5) is 26.5. The zero-order valence-electron chi connectivity index (χ0n) is 18.2. The van der Waals surface area contributed by atoms with Gasteiger partial charge in [-0.2, -0.15) is 0 Å². The van der Waals surface area contributed by atoms with Crippen molar-refractivity contribution in [3.63, 3.8) is 0 Å². The second-order valence-corrected chi connectivity index (χ2v) is 10.0. The number of hydrogen-bond acceptors (Lipinski definition) is 6. The van der Waals surface area contributed by atoms with Gasteiger partial charge in [-0.25, -0.2) is 9.59 Å². The Morgan fingerprint density at radius 3 is 2.41 bits per heavy atom. The lowest BCUT2D eigenvalue weighted by Gasteiger charge is -2.38. The molecule has 2 unspecified atom stereocenters. The van der Waals surface area contributed by atoms with Crippen molar-refractivity contribution in [2.45, 2.75) is 77.2 Å². The van der Waals surface area contributed by atoms with E-state index in [1.807, 2.05) is 47.6 Å². The van der Waals surface area contributed by atoms with Crippen molar-refractivity contribution in [1.29, 1.82) is 0 Å². The van der Waals surface area contributed by atoms with Gasteiger partial charge < -0.3 is 24.8 Å². The monoisotopic (exact) mass is 404 g/mol. The number of carbonyl (C=O) groups is 2. The summed E-state index contributed by atoms with van der Waals surface area (Å²) in [6, 6.07) is 5.01. The number of carbonyl (C=O) groups excluding carboxylic acids is 2. The molecule has 1 spiro atoms. The number of hydrogen-bond donors (Lipinski definition) is 1. The van der Waals surface area contributed by atoms with Gasteiger partial charge in [0.15, 0.2) is 0 Å². The maximum atomic E-state index is 12.4. The molecule has 0 saturated carbocycles. The smallest absolute Gasteiger partial charge is 0.410 e. The van der Waals surface area contributed by atoms with Gasteiger partial charge in [0.05, 0.1) is 12.1 Å². The SMILES string of the molecule is CC(C)(C)OC(=O)c1ccc2c(c1)OC1(CCN(C(=O)OC(C)(C)C)C1)CC2N. The van der Waals surface area contributed by atoms with Crippen LogP contribution in [0.5, 0.6) is 5.75 Å². The van der Waals surface area contributed by atoms with Crippen LogP contribution in [0.2, 0.25) is 0 Å². The minimum atomic E-state index is -0.579. The molecule has 0 bridgehead atoms. The molecule has 0 radical (unpaired) electrons. The molecule has 29 heavy (non-hydrogen) atoms. The van der Waals surface area contributed by atoms with Crippen LogP contribution in [0.15, 0.2) is 18.2 Å². The molecule has 2 aliphatic heterocycles. The van der Waals surface area contributed by atoms with E-state index in [1.165, 1.54) is 0 Å². The highest BCUT2D eigenvalue weighted by molar-refractivity contribution is 5.90. The first-order valence-electron chi connectivity index (χ1n) is 10.1. The van der Waals surface area contributed by atoms with Crippen LogP contribution < -0.4 is 10.5 Å². The van der Waals surface area contributed by atoms with Gasteiger partial charge >= 0.3 is 12.1 Å². The molecule has 160 valence electrons. The van der Waals surface area contributed by atoms with E-state index < -0.39 is 22.8 Å². The van der Waals surface area contributed by atoms with Gasteiger partial charge in [0.2, 0.25) is 0 Å². The molecule has 0 aliphatic carbocycles. The van der Waals surface area contributed by atoms with E-state index in [9.17, 15) is 9.59 Å². The highest BCUT2D eigenvalue weighted by Crippen LogP contribution is 2.43. The number of ether oxygens (including phenoxy) is 3. The predicted molar refractivity (Wildman–Crippen MR) is 109 cm³/mol. The molecule has 7 nitrogen and oxygen atoms in total. The van der Waals surface area contributed by atoms with E-state index in [-0.39, 0.29) is 12.1 Å². The largest absolute Gasteiger partial charge is 0.485 e. The van der Waals surface area contributed by atoms with E-state index in [0.717, 1.165) is 5.56 Å². The van der Waals surface area contributed by atoms with Gasteiger partial charge in [-0.15, -0.1) is 0 Å². The molecule has 1 aromatic rings. The van der Waals surface area contributed by atoms with Gasteiger partial charge in [-0.3, -0.25) is 0 Å². The molecule has 7 heteroatoms. The first-order chi connectivity index (χ1) is 13.3. The quantitative estimate of drug-likeness (QED) is 0.716. The maximum Gasteiger partial charge on any atom is 0.410 e. The Morgan fingerprint density at radius 1 is 1.14 bits per heavy atom. The Bertz CT molecular complexity index is 808. The summed E-state index contributed by atoms with van der Waals surface area (Å²) in [5.74, 6) is 0.178. The Labute approximate surface area is 172 Å². The van der Waals surface area contributed by atoms with Crippen LogP contribution in [-0.4, -0.2) is 46.9 Å². The lowest BCUT2D eigenvalue weighted by Crippen LogP contribution is -2.46. The van der Waals surface area contributed by atoms with Crippen molar-refractivity contribution in [1.82, 2.24) is 4.90 Å².